The lowest BCUT2D eigenvalue weighted by Gasteiger charge is -2.46. The van der Waals surface area contributed by atoms with Gasteiger partial charge in [-0.15, -0.1) is 0 Å². The monoisotopic (exact) mass is 415 g/mol. The summed E-state index contributed by atoms with van der Waals surface area (Å²) in [5.74, 6) is 1.02. The Hall–Kier alpha value is -2.15. The first kappa shape index (κ1) is 21.1. The van der Waals surface area contributed by atoms with Crippen LogP contribution in [0.3, 0.4) is 0 Å². The van der Waals surface area contributed by atoms with E-state index in [0.717, 1.165) is 16.9 Å². The SMILES string of the molecule is Cc1cc(C(O)N2CCC3(CC2)C[C@@H](O)c2cc(F)ccc2O3)ccc1OC(C)C. The zero-order valence-corrected chi connectivity index (χ0v) is 17.8. The van der Waals surface area contributed by atoms with Crippen molar-refractivity contribution in [1.29, 1.82) is 0 Å². The first-order valence-electron chi connectivity index (χ1n) is 10.6. The molecule has 0 bridgehead atoms. The van der Waals surface area contributed by atoms with Crippen molar-refractivity contribution in [2.75, 3.05) is 13.1 Å². The van der Waals surface area contributed by atoms with Crippen LogP contribution in [0.1, 0.15) is 62.1 Å². The fourth-order valence-corrected chi connectivity index (χ4v) is 4.52. The van der Waals surface area contributed by atoms with E-state index in [9.17, 15) is 14.6 Å². The zero-order valence-electron chi connectivity index (χ0n) is 17.8. The number of hydrogen-bond donors (Lipinski definition) is 2. The molecule has 6 heteroatoms. The number of aryl methyl sites for hydroxylation is 1. The molecule has 2 atom stereocenters. The van der Waals surface area contributed by atoms with Crippen LogP contribution in [0.4, 0.5) is 4.39 Å². The molecular formula is C24H30FNO4. The van der Waals surface area contributed by atoms with E-state index in [4.69, 9.17) is 9.47 Å². The van der Waals surface area contributed by atoms with E-state index in [1.54, 1.807) is 6.07 Å². The molecule has 1 unspecified atom stereocenters. The van der Waals surface area contributed by atoms with Gasteiger partial charge >= 0.3 is 0 Å². The van der Waals surface area contributed by atoms with E-state index in [1.807, 2.05) is 43.9 Å². The Balaban J connectivity index is 1.43. The average Bonchev–Trinajstić information content (AvgIpc) is 2.70. The third-order valence-corrected chi connectivity index (χ3v) is 6.14. The molecule has 0 aliphatic carbocycles. The van der Waals surface area contributed by atoms with E-state index in [0.29, 0.717) is 43.7 Å². The number of benzene rings is 2. The molecule has 1 saturated heterocycles. The number of nitrogens with zero attached hydrogens (tertiary/aromatic N) is 1. The maximum Gasteiger partial charge on any atom is 0.133 e. The molecule has 1 spiro atoms. The van der Waals surface area contributed by atoms with Crippen LogP contribution in [0.5, 0.6) is 11.5 Å². The molecule has 30 heavy (non-hydrogen) atoms. The van der Waals surface area contributed by atoms with Gasteiger partial charge in [-0.25, -0.2) is 4.39 Å². The highest BCUT2D eigenvalue weighted by Crippen LogP contribution is 2.45. The van der Waals surface area contributed by atoms with Gasteiger partial charge in [0, 0.05) is 37.9 Å². The number of aliphatic hydroxyl groups excluding tert-OH is 2. The fraction of sp³-hybridized carbons (Fsp3) is 0.500. The average molecular weight is 416 g/mol. The number of rotatable bonds is 4. The normalized spacial score (nSPS) is 21.9. The van der Waals surface area contributed by atoms with Crippen molar-refractivity contribution in [3.05, 3.63) is 58.9 Å². The van der Waals surface area contributed by atoms with Gasteiger partial charge in [-0.3, -0.25) is 4.90 Å². The van der Waals surface area contributed by atoms with E-state index in [1.165, 1.54) is 12.1 Å². The van der Waals surface area contributed by atoms with Crippen molar-refractivity contribution >= 4 is 0 Å². The number of hydrogen-bond acceptors (Lipinski definition) is 5. The van der Waals surface area contributed by atoms with Crippen LogP contribution >= 0.6 is 0 Å². The molecule has 2 aliphatic heterocycles. The fourth-order valence-electron chi connectivity index (χ4n) is 4.52. The second-order valence-corrected chi connectivity index (χ2v) is 8.79. The summed E-state index contributed by atoms with van der Waals surface area (Å²) in [6.07, 6.45) is 0.469. The third-order valence-electron chi connectivity index (χ3n) is 6.14. The largest absolute Gasteiger partial charge is 0.491 e. The van der Waals surface area contributed by atoms with Gasteiger partial charge in [-0.05, 0) is 62.2 Å². The van der Waals surface area contributed by atoms with E-state index >= 15 is 0 Å². The maximum absolute atomic E-state index is 13.5. The Morgan fingerprint density at radius 1 is 1.17 bits per heavy atom. The topological polar surface area (TPSA) is 62.2 Å². The predicted octanol–water partition coefficient (Wildman–Crippen LogP) is 4.26. The molecule has 2 N–H and O–H groups in total. The zero-order chi connectivity index (χ0) is 21.5. The van der Waals surface area contributed by atoms with Gasteiger partial charge in [0.1, 0.15) is 29.1 Å². The summed E-state index contributed by atoms with van der Waals surface area (Å²) in [4.78, 5) is 2.03. The summed E-state index contributed by atoms with van der Waals surface area (Å²) in [6, 6.07) is 10.1. The van der Waals surface area contributed by atoms with Crippen molar-refractivity contribution in [2.24, 2.45) is 0 Å². The number of fused-ring (bicyclic) bond motifs is 1. The van der Waals surface area contributed by atoms with Crippen LogP contribution in [0, 0.1) is 12.7 Å². The van der Waals surface area contributed by atoms with E-state index in [-0.39, 0.29) is 11.9 Å². The van der Waals surface area contributed by atoms with Crippen molar-refractivity contribution in [2.45, 2.75) is 64.1 Å². The molecule has 0 saturated carbocycles. The van der Waals surface area contributed by atoms with Crippen molar-refractivity contribution < 1.29 is 24.1 Å². The third kappa shape index (κ3) is 4.17. The number of aliphatic hydroxyl groups is 2. The predicted molar refractivity (Wildman–Crippen MR) is 112 cm³/mol. The van der Waals surface area contributed by atoms with Gasteiger partial charge in [0.2, 0.25) is 0 Å². The molecule has 2 aromatic rings. The van der Waals surface area contributed by atoms with Crippen LogP contribution in [-0.4, -0.2) is 39.9 Å². The maximum atomic E-state index is 13.5. The highest BCUT2D eigenvalue weighted by Gasteiger charge is 2.43. The van der Waals surface area contributed by atoms with Gasteiger partial charge in [0.25, 0.3) is 0 Å². The number of ether oxygens (including phenoxy) is 2. The second-order valence-electron chi connectivity index (χ2n) is 8.79. The van der Waals surface area contributed by atoms with Crippen LogP contribution < -0.4 is 9.47 Å². The smallest absolute Gasteiger partial charge is 0.133 e. The van der Waals surface area contributed by atoms with Crippen molar-refractivity contribution in [3.63, 3.8) is 0 Å². The molecule has 0 aromatic heterocycles. The minimum atomic E-state index is -0.739. The van der Waals surface area contributed by atoms with Gasteiger partial charge < -0.3 is 19.7 Å². The van der Waals surface area contributed by atoms with Crippen molar-refractivity contribution in [1.82, 2.24) is 4.90 Å². The van der Waals surface area contributed by atoms with Crippen LogP contribution in [0.25, 0.3) is 0 Å². The molecule has 2 aliphatic rings. The summed E-state index contributed by atoms with van der Waals surface area (Å²) >= 11 is 0. The Kier molecular flexibility index (Phi) is 5.75. The molecular weight excluding hydrogens is 385 g/mol. The number of halogens is 1. The Labute approximate surface area is 177 Å². The summed E-state index contributed by atoms with van der Waals surface area (Å²) in [5, 5.41) is 21.5. The van der Waals surface area contributed by atoms with Crippen molar-refractivity contribution in [3.8, 4) is 11.5 Å². The Bertz CT molecular complexity index is 908. The summed E-state index contributed by atoms with van der Waals surface area (Å²) in [5.41, 5.74) is 1.87. The minimum absolute atomic E-state index is 0.102. The standard InChI is InChI=1S/C24H30FNO4/c1-15(2)29-21-6-4-17(12-16(21)3)23(28)26-10-8-24(9-11-26)14-20(27)19-13-18(25)5-7-22(19)30-24/h4-7,12-13,15,20,23,27-28H,8-11,14H2,1-3H3/t20-,23?/m1/s1. The molecule has 162 valence electrons. The molecule has 0 radical (unpaired) electrons. The van der Waals surface area contributed by atoms with Crippen LogP contribution in [0.2, 0.25) is 0 Å². The lowest BCUT2D eigenvalue weighted by Crippen LogP contribution is -2.51. The molecule has 5 nitrogen and oxygen atoms in total. The lowest BCUT2D eigenvalue weighted by molar-refractivity contribution is -0.0896. The highest BCUT2D eigenvalue weighted by atomic mass is 19.1. The molecule has 2 aromatic carbocycles. The first-order chi connectivity index (χ1) is 14.3. The number of piperidine rings is 1. The first-order valence-corrected chi connectivity index (χ1v) is 10.6. The van der Waals surface area contributed by atoms with E-state index in [2.05, 4.69) is 0 Å². The van der Waals surface area contributed by atoms with Gasteiger partial charge in [-0.2, -0.15) is 0 Å². The summed E-state index contributed by atoms with van der Waals surface area (Å²) in [6.45, 7) is 7.26. The van der Waals surface area contributed by atoms with E-state index < -0.39 is 17.9 Å². The Morgan fingerprint density at radius 3 is 2.57 bits per heavy atom. The molecule has 0 amide bonds. The lowest BCUT2D eigenvalue weighted by atomic mass is 9.81. The second kappa shape index (κ2) is 8.17. The van der Waals surface area contributed by atoms with Gasteiger partial charge in [0.05, 0.1) is 12.2 Å². The van der Waals surface area contributed by atoms with Gasteiger partial charge in [0.15, 0.2) is 0 Å². The van der Waals surface area contributed by atoms with Gasteiger partial charge in [-0.1, -0.05) is 6.07 Å². The number of likely N-dealkylation sites (tertiary alicyclic amines) is 1. The molecule has 1 fully saturated rings. The Morgan fingerprint density at radius 2 is 1.90 bits per heavy atom. The molecule has 2 heterocycles. The highest BCUT2D eigenvalue weighted by molar-refractivity contribution is 5.39. The minimum Gasteiger partial charge on any atom is -0.491 e. The van der Waals surface area contributed by atoms with Crippen LogP contribution in [0.15, 0.2) is 36.4 Å². The summed E-state index contributed by atoms with van der Waals surface area (Å²) < 4.78 is 25.5. The molecule has 4 rings (SSSR count). The van der Waals surface area contributed by atoms with Crippen LogP contribution in [-0.2, 0) is 0 Å². The quantitative estimate of drug-likeness (QED) is 0.781. The summed E-state index contributed by atoms with van der Waals surface area (Å²) in [7, 11) is 0.